The monoisotopic (exact) mass is 550 g/mol. The van der Waals surface area contributed by atoms with E-state index in [2.05, 4.69) is 6.92 Å². The van der Waals surface area contributed by atoms with Gasteiger partial charge in [0.05, 0.1) is 6.04 Å². The van der Waals surface area contributed by atoms with Crippen LogP contribution in [-0.2, 0) is 25.5 Å². The zero-order valence-corrected chi connectivity index (χ0v) is 24.5. The summed E-state index contributed by atoms with van der Waals surface area (Å²) in [5.74, 6) is -0.717. The largest absolute Gasteiger partial charge is 0.350 e. The van der Waals surface area contributed by atoms with Gasteiger partial charge in [0, 0.05) is 31.8 Å². The van der Waals surface area contributed by atoms with Crippen molar-refractivity contribution in [2.75, 3.05) is 20.2 Å². The van der Waals surface area contributed by atoms with Crippen LogP contribution >= 0.6 is 11.6 Å². The number of carbonyl (C=O) groups is 1. The summed E-state index contributed by atoms with van der Waals surface area (Å²) in [7, 11) is 1.83. The van der Waals surface area contributed by atoms with E-state index in [0.29, 0.717) is 24.7 Å². The average molecular weight is 551 g/mol. The Morgan fingerprint density at radius 1 is 0.921 bits per heavy atom. The molecule has 1 aromatic rings. The normalized spacial score (nSPS) is 28.4. The fraction of sp³-hybridized carbons (Fsp3) is 0.767. The Balaban J connectivity index is 1.29. The van der Waals surface area contributed by atoms with Gasteiger partial charge >= 0.3 is 6.03 Å². The van der Waals surface area contributed by atoms with Crippen LogP contribution in [0.25, 0.3) is 0 Å². The Kier molecular flexibility index (Phi) is 10.7. The maximum absolute atomic E-state index is 13.1. The Morgan fingerprint density at radius 3 is 2.18 bits per heavy atom. The van der Waals surface area contributed by atoms with Gasteiger partial charge in [-0.15, -0.1) is 0 Å². The number of carbonyl (C=O) groups excluding carboxylic acids is 1. The van der Waals surface area contributed by atoms with E-state index in [-0.39, 0.29) is 30.4 Å². The quantitative estimate of drug-likeness (QED) is 0.226. The van der Waals surface area contributed by atoms with Gasteiger partial charge in [-0.05, 0) is 38.0 Å². The van der Waals surface area contributed by atoms with Crippen LogP contribution in [0.4, 0.5) is 4.79 Å². The van der Waals surface area contributed by atoms with Gasteiger partial charge in [-0.1, -0.05) is 88.4 Å². The minimum atomic E-state index is -0.717. The van der Waals surface area contributed by atoms with Crippen LogP contribution in [0.2, 0.25) is 5.02 Å². The van der Waals surface area contributed by atoms with E-state index in [4.69, 9.17) is 30.5 Å². The van der Waals surface area contributed by atoms with Crippen molar-refractivity contribution in [2.24, 2.45) is 0 Å². The molecule has 0 bridgehead atoms. The van der Waals surface area contributed by atoms with Crippen LogP contribution in [0.5, 0.6) is 0 Å². The van der Waals surface area contributed by atoms with E-state index >= 15 is 0 Å². The molecule has 0 spiro atoms. The van der Waals surface area contributed by atoms with Crippen molar-refractivity contribution < 1.29 is 23.7 Å². The lowest BCUT2D eigenvalue weighted by molar-refractivity contribution is -0.238. The van der Waals surface area contributed by atoms with Crippen molar-refractivity contribution in [2.45, 2.75) is 128 Å². The number of amides is 2. The van der Waals surface area contributed by atoms with Gasteiger partial charge < -0.3 is 28.7 Å². The molecule has 4 rings (SSSR count). The number of fused-ring (bicyclic) bond motifs is 1. The van der Waals surface area contributed by atoms with E-state index in [1.807, 2.05) is 50.1 Å². The Hall–Kier alpha value is -1.38. The summed E-state index contributed by atoms with van der Waals surface area (Å²) in [4.78, 5) is 16.7. The first-order valence-corrected chi connectivity index (χ1v) is 15.1. The highest BCUT2D eigenvalue weighted by Crippen LogP contribution is 2.42. The molecule has 0 radical (unpaired) electrons. The van der Waals surface area contributed by atoms with E-state index in [0.717, 1.165) is 12.0 Å². The molecule has 0 N–H and O–H groups in total. The number of halogens is 1. The molecule has 38 heavy (non-hydrogen) atoms. The highest BCUT2D eigenvalue weighted by atomic mass is 35.5. The first kappa shape index (κ1) is 29.6. The SMILES string of the molecule is CCCCCCCCCCCCO[C@H]1O[C@H]([C@@H]2CN(C)C(=O)N2Cc2ccc(Cl)cc2)[C@@H]2OC(C)(C)O[C@H]12. The summed E-state index contributed by atoms with van der Waals surface area (Å²) in [6.07, 6.45) is 11.4. The van der Waals surface area contributed by atoms with Crippen molar-refractivity contribution in [1.29, 1.82) is 0 Å². The van der Waals surface area contributed by atoms with Crippen LogP contribution in [0, 0.1) is 0 Å². The molecule has 5 atom stereocenters. The molecule has 0 unspecified atom stereocenters. The Labute approximate surface area is 234 Å². The third-order valence-electron chi connectivity index (χ3n) is 7.91. The van der Waals surface area contributed by atoms with Crippen LogP contribution in [0.3, 0.4) is 0 Å². The number of rotatable bonds is 15. The minimum Gasteiger partial charge on any atom is -0.350 e. The highest BCUT2D eigenvalue weighted by Gasteiger charge is 2.60. The van der Waals surface area contributed by atoms with E-state index in [9.17, 15) is 4.79 Å². The van der Waals surface area contributed by atoms with Crippen molar-refractivity contribution in [1.82, 2.24) is 9.80 Å². The topological polar surface area (TPSA) is 60.5 Å². The van der Waals surface area contributed by atoms with Crippen molar-refractivity contribution in [3.63, 3.8) is 0 Å². The van der Waals surface area contributed by atoms with Gasteiger partial charge in [-0.25, -0.2) is 4.79 Å². The summed E-state index contributed by atoms with van der Waals surface area (Å²) in [6, 6.07) is 7.44. The molecule has 3 saturated heterocycles. The molecule has 7 nitrogen and oxygen atoms in total. The Bertz CT molecular complexity index is 882. The zero-order valence-electron chi connectivity index (χ0n) is 23.7. The third kappa shape index (κ3) is 7.63. The van der Waals surface area contributed by atoms with Crippen molar-refractivity contribution >= 4 is 17.6 Å². The molecule has 214 valence electrons. The lowest BCUT2D eigenvalue weighted by Gasteiger charge is -2.31. The van der Waals surface area contributed by atoms with Gasteiger partial charge in [-0.2, -0.15) is 0 Å². The molecule has 3 fully saturated rings. The lowest BCUT2D eigenvalue weighted by atomic mass is 10.0. The maximum Gasteiger partial charge on any atom is 0.320 e. The number of benzene rings is 1. The molecule has 3 aliphatic heterocycles. The second-order valence-corrected chi connectivity index (χ2v) is 12.0. The molecule has 0 saturated carbocycles. The molecular weight excluding hydrogens is 504 g/mol. The number of likely N-dealkylation sites (N-methyl/N-ethyl adjacent to an activating group) is 1. The van der Waals surface area contributed by atoms with Crippen LogP contribution in [-0.4, -0.2) is 72.5 Å². The standard InChI is InChI=1S/C30H47ClN2O5/c1-5-6-7-8-9-10-11-12-13-14-19-35-28-27-26(37-30(2,3)38-27)25(36-28)24-21-32(4)29(34)33(24)20-22-15-17-23(31)18-16-22/h15-18,24-28H,5-14,19-21H2,1-4H3/t24-,25+,26-,27-,28-/m0/s1. The molecule has 3 aliphatic rings. The van der Waals surface area contributed by atoms with Gasteiger partial charge in [0.25, 0.3) is 0 Å². The summed E-state index contributed by atoms with van der Waals surface area (Å²) >= 11 is 6.07. The lowest BCUT2D eigenvalue weighted by Crippen LogP contribution is -2.47. The molecule has 2 amide bonds. The van der Waals surface area contributed by atoms with Crippen molar-refractivity contribution in [3.8, 4) is 0 Å². The predicted octanol–water partition coefficient (Wildman–Crippen LogP) is 6.76. The predicted molar refractivity (Wildman–Crippen MR) is 149 cm³/mol. The summed E-state index contributed by atoms with van der Waals surface area (Å²) in [5, 5.41) is 0.679. The van der Waals surface area contributed by atoms with Crippen LogP contribution in [0.1, 0.15) is 90.5 Å². The van der Waals surface area contributed by atoms with Gasteiger partial charge in [0.2, 0.25) is 0 Å². The summed E-state index contributed by atoms with van der Waals surface area (Å²) in [6.45, 7) is 7.81. The highest BCUT2D eigenvalue weighted by molar-refractivity contribution is 6.30. The number of hydrogen-bond acceptors (Lipinski definition) is 5. The second-order valence-electron chi connectivity index (χ2n) is 11.6. The molecule has 3 heterocycles. The van der Waals surface area contributed by atoms with Crippen molar-refractivity contribution in [3.05, 3.63) is 34.9 Å². The number of urea groups is 1. The van der Waals surface area contributed by atoms with Crippen LogP contribution in [0.15, 0.2) is 24.3 Å². The Morgan fingerprint density at radius 2 is 1.53 bits per heavy atom. The smallest absolute Gasteiger partial charge is 0.320 e. The first-order valence-electron chi connectivity index (χ1n) is 14.7. The average Bonchev–Trinajstić information content (AvgIpc) is 3.47. The summed E-state index contributed by atoms with van der Waals surface area (Å²) < 4.78 is 25.3. The number of ether oxygens (including phenoxy) is 4. The molecule has 0 aromatic heterocycles. The molecule has 0 aliphatic carbocycles. The van der Waals surface area contributed by atoms with Crippen LogP contribution < -0.4 is 0 Å². The number of hydrogen-bond donors (Lipinski definition) is 0. The van der Waals surface area contributed by atoms with E-state index in [1.54, 1.807) is 4.90 Å². The van der Waals surface area contributed by atoms with E-state index < -0.39 is 12.1 Å². The second kappa shape index (κ2) is 13.8. The third-order valence-corrected chi connectivity index (χ3v) is 8.16. The van der Waals surface area contributed by atoms with Gasteiger partial charge in [0.15, 0.2) is 12.1 Å². The fourth-order valence-corrected chi connectivity index (χ4v) is 6.02. The zero-order chi connectivity index (χ0) is 27.1. The molecule has 8 heteroatoms. The van der Waals surface area contributed by atoms with Gasteiger partial charge in [-0.3, -0.25) is 0 Å². The fourth-order valence-electron chi connectivity index (χ4n) is 5.90. The first-order chi connectivity index (χ1) is 18.3. The maximum atomic E-state index is 13.1. The number of nitrogens with zero attached hydrogens (tertiary/aromatic N) is 2. The van der Waals surface area contributed by atoms with E-state index in [1.165, 1.54) is 57.8 Å². The molecular formula is C30H47ClN2O5. The summed E-state index contributed by atoms with van der Waals surface area (Å²) in [5.41, 5.74) is 1.02. The minimum absolute atomic E-state index is 0.0157. The number of unbranched alkanes of at least 4 members (excludes halogenated alkanes) is 9. The van der Waals surface area contributed by atoms with Gasteiger partial charge in [0.1, 0.15) is 18.3 Å². The molecule has 1 aromatic carbocycles.